The summed E-state index contributed by atoms with van der Waals surface area (Å²) in [5, 5.41) is 2.30. The second kappa shape index (κ2) is 13.0. The van der Waals surface area contributed by atoms with E-state index < -0.39 is 45.1 Å². The normalized spacial score (nSPS) is 11.7. The number of carbonyl (C=O) groups excluding carboxylic acids is 4. The summed E-state index contributed by atoms with van der Waals surface area (Å²) in [6.45, 7) is 6.86. The summed E-state index contributed by atoms with van der Waals surface area (Å²) in [6.07, 6.45) is 5.46. The highest BCUT2D eigenvalue weighted by Crippen LogP contribution is 2.34. The van der Waals surface area contributed by atoms with Crippen LogP contribution in [0.1, 0.15) is 45.0 Å². The molecule has 3 rings (SSSR count). The predicted molar refractivity (Wildman–Crippen MR) is 152 cm³/mol. The summed E-state index contributed by atoms with van der Waals surface area (Å²) in [7, 11) is -4.26. The number of amides is 2. The van der Waals surface area contributed by atoms with E-state index in [2.05, 4.69) is 16.2 Å². The molecule has 2 heterocycles. The van der Waals surface area contributed by atoms with Crippen LogP contribution in [0.5, 0.6) is 0 Å². The number of esters is 2. The Morgan fingerprint density at radius 1 is 1.05 bits per heavy atom. The minimum atomic E-state index is -4.26. The molecule has 0 aliphatic rings. The summed E-state index contributed by atoms with van der Waals surface area (Å²) in [4.78, 5) is 54.4. The number of hydrogen-bond donors (Lipinski definition) is 1. The highest BCUT2D eigenvalue weighted by Gasteiger charge is 2.29. The minimum Gasteiger partial charge on any atom is -0.462 e. The van der Waals surface area contributed by atoms with E-state index in [1.165, 1.54) is 18.3 Å². The molecule has 0 saturated carbocycles. The quantitative estimate of drug-likeness (QED) is 0.274. The number of thiazole rings is 1. The molecular formula is C26H27N3O8S3. The molecule has 2 aromatic heterocycles. The second-order valence-electron chi connectivity index (χ2n) is 8.43. The Hall–Kier alpha value is -3.80. The van der Waals surface area contributed by atoms with Gasteiger partial charge in [-0.25, -0.2) is 18.0 Å². The van der Waals surface area contributed by atoms with Gasteiger partial charge >= 0.3 is 11.9 Å². The number of terminal acetylenes is 1. The number of aromatic nitrogens is 1. The minimum absolute atomic E-state index is 0.0387. The van der Waals surface area contributed by atoms with Crippen molar-refractivity contribution in [1.82, 2.24) is 4.57 Å². The van der Waals surface area contributed by atoms with Gasteiger partial charge < -0.3 is 19.4 Å². The molecule has 0 radical (unpaired) electrons. The Bertz CT molecular complexity index is 1700. The molecule has 0 atom stereocenters. The van der Waals surface area contributed by atoms with Gasteiger partial charge in [0.2, 0.25) is 5.91 Å². The Morgan fingerprint density at radius 2 is 1.73 bits per heavy atom. The lowest BCUT2D eigenvalue weighted by atomic mass is 10.1. The molecule has 40 heavy (non-hydrogen) atoms. The first kappa shape index (κ1) is 30.7. The number of ether oxygens (including phenoxy) is 2. The number of nitrogens with zero attached hydrogens (tertiary/aromatic N) is 2. The SMILES string of the molecule is C#CCn1c(=NC(=O)CS(=O)(=O)CC(=O)Nc2sc(C(=O)OCC)c(C)c2C(=O)OCC)sc2cc(C)ccc21. The Balaban J connectivity index is 1.82. The second-order valence-corrected chi connectivity index (χ2v) is 12.5. The number of sulfone groups is 1. The molecule has 1 aromatic carbocycles. The average Bonchev–Trinajstić information content (AvgIpc) is 3.34. The van der Waals surface area contributed by atoms with Gasteiger partial charge in [-0.1, -0.05) is 23.3 Å². The molecule has 2 amide bonds. The first-order valence-corrected chi connectivity index (χ1v) is 15.4. The molecule has 3 aromatic rings. The average molecular weight is 606 g/mol. The summed E-state index contributed by atoms with van der Waals surface area (Å²) in [6, 6.07) is 5.63. The van der Waals surface area contributed by atoms with Gasteiger partial charge in [0.15, 0.2) is 14.6 Å². The Kier molecular flexibility index (Phi) is 10.0. The molecule has 212 valence electrons. The molecule has 0 aliphatic heterocycles. The van der Waals surface area contributed by atoms with Crippen LogP contribution in [0.4, 0.5) is 5.00 Å². The van der Waals surface area contributed by atoms with Crippen LogP contribution in [-0.2, 0) is 35.4 Å². The molecule has 0 bridgehead atoms. The van der Waals surface area contributed by atoms with Crippen molar-refractivity contribution in [1.29, 1.82) is 0 Å². The number of aryl methyl sites for hydroxylation is 1. The van der Waals surface area contributed by atoms with Crippen LogP contribution in [0.25, 0.3) is 10.2 Å². The third-order valence-corrected chi connectivity index (χ3v) is 8.96. The fraction of sp³-hybridized carbons (Fsp3) is 0.346. The molecule has 0 aliphatic carbocycles. The topological polar surface area (TPSA) is 150 Å². The molecule has 0 saturated heterocycles. The van der Waals surface area contributed by atoms with Gasteiger partial charge in [0, 0.05) is 0 Å². The van der Waals surface area contributed by atoms with E-state index in [9.17, 15) is 27.6 Å². The van der Waals surface area contributed by atoms with Crippen molar-refractivity contribution in [2.75, 3.05) is 30.0 Å². The van der Waals surface area contributed by atoms with Crippen LogP contribution >= 0.6 is 22.7 Å². The van der Waals surface area contributed by atoms with Crippen LogP contribution in [-0.4, -0.2) is 61.5 Å². The van der Waals surface area contributed by atoms with Gasteiger partial charge in [-0.05, 0) is 51.0 Å². The summed E-state index contributed by atoms with van der Waals surface area (Å²) >= 11 is 1.95. The largest absolute Gasteiger partial charge is 0.462 e. The molecule has 0 spiro atoms. The molecule has 11 nitrogen and oxygen atoms in total. The number of carbonyl (C=O) groups is 4. The van der Waals surface area contributed by atoms with Crippen LogP contribution in [0.2, 0.25) is 0 Å². The van der Waals surface area contributed by atoms with Gasteiger partial charge in [0.25, 0.3) is 5.91 Å². The summed E-state index contributed by atoms with van der Waals surface area (Å²) < 4.78 is 37.9. The Morgan fingerprint density at radius 3 is 2.38 bits per heavy atom. The van der Waals surface area contributed by atoms with Crippen LogP contribution in [0.15, 0.2) is 23.2 Å². The van der Waals surface area contributed by atoms with Crippen LogP contribution < -0.4 is 10.1 Å². The van der Waals surface area contributed by atoms with Crippen molar-refractivity contribution in [3.05, 3.63) is 44.6 Å². The van der Waals surface area contributed by atoms with E-state index in [1.807, 2.05) is 25.1 Å². The van der Waals surface area contributed by atoms with Gasteiger partial charge in [-0.2, -0.15) is 4.99 Å². The standard InChI is InChI=1S/C26H27N3O8S3/c1-6-11-29-17-10-9-15(4)12-18(17)38-26(29)28-20(31)14-40(34,35)13-19(30)27-23-21(24(32)36-7-2)16(5)22(39-23)25(33)37-8-3/h1,9-10,12H,7-8,11,13-14H2,2-5H3,(H,27,30). The van der Waals surface area contributed by atoms with E-state index in [-0.39, 0.29) is 45.6 Å². The monoisotopic (exact) mass is 605 g/mol. The zero-order chi connectivity index (χ0) is 29.6. The third-order valence-electron chi connectivity index (χ3n) is 5.34. The van der Waals surface area contributed by atoms with E-state index in [4.69, 9.17) is 15.9 Å². The van der Waals surface area contributed by atoms with E-state index in [1.54, 1.807) is 18.4 Å². The first-order valence-electron chi connectivity index (χ1n) is 12.0. The first-order chi connectivity index (χ1) is 18.9. The van der Waals surface area contributed by atoms with E-state index in [0.29, 0.717) is 0 Å². The predicted octanol–water partition coefficient (Wildman–Crippen LogP) is 2.85. The lowest BCUT2D eigenvalue weighted by molar-refractivity contribution is -0.115. The number of hydrogen-bond acceptors (Lipinski definition) is 10. The maximum absolute atomic E-state index is 12.7. The molecule has 0 unspecified atom stereocenters. The number of rotatable bonds is 10. The van der Waals surface area contributed by atoms with Crippen LogP contribution in [0, 0.1) is 26.2 Å². The summed E-state index contributed by atoms with van der Waals surface area (Å²) in [5.41, 5.74) is 1.90. The molecule has 14 heteroatoms. The van der Waals surface area contributed by atoms with Crippen molar-refractivity contribution in [3.8, 4) is 12.3 Å². The molecular weight excluding hydrogens is 579 g/mol. The number of fused-ring (bicyclic) bond motifs is 1. The van der Waals surface area contributed by atoms with Gasteiger partial charge in [0.1, 0.15) is 21.4 Å². The Labute approximate surface area is 238 Å². The van der Waals surface area contributed by atoms with Gasteiger partial charge in [-0.15, -0.1) is 17.8 Å². The number of benzene rings is 1. The number of anilines is 1. The van der Waals surface area contributed by atoms with Gasteiger partial charge in [0.05, 0.1) is 35.5 Å². The maximum Gasteiger partial charge on any atom is 0.348 e. The van der Waals surface area contributed by atoms with Crippen LogP contribution in [0.3, 0.4) is 0 Å². The fourth-order valence-electron chi connectivity index (χ4n) is 3.69. The smallest absolute Gasteiger partial charge is 0.348 e. The maximum atomic E-state index is 12.7. The summed E-state index contributed by atoms with van der Waals surface area (Å²) in [5.74, 6) is -3.05. The van der Waals surface area contributed by atoms with Crippen molar-refractivity contribution in [2.45, 2.75) is 34.2 Å². The lowest BCUT2D eigenvalue weighted by Crippen LogP contribution is -2.28. The number of nitrogens with one attached hydrogen (secondary N) is 1. The zero-order valence-corrected chi connectivity index (χ0v) is 24.7. The van der Waals surface area contributed by atoms with E-state index >= 15 is 0 Å². The highest BCUT2D eigenvalue weighted by molar-refractivity contribution is 7.92. The fourth-order valence-corrected chi connectivity index (χ4v) is 6.96. The van der Waals surface area contributed by atoms with Crippen molar-refractivity contribution >= 4 is 71.5 Å². The van der Waals surface area contributed by atoms with Crippen molar-refractivity contribution in [2.24, 2.45) is 4.99 Å². The zero-order valence-electron chi connectivity index (χ0n) is 22.2. The third kappa shape index (κ3) is 7.23. The van der Waals surface area contributed by atoms with Gasteiger partial charge in [-0.3, -0.25) is 9.59 Å². The lowest BCUT2D eigenvalue weighted by Gasteiger charge is -2.07. The van der Waals surface area contributed by atoms with Crippen molar-refractivity contribution in [3.63, 3.8) is 0 Å². The number of thiophene rings is 1. The van der Waals surface area contributed by atoms with E-state index in [0.717, 1.165) is 27.1 Å². The molecule has 1 N–H and O–H groups in total. The van der Waals surface area contributed by atoms with Crippen molar-refractivity contribution < 1.29 is 37.1 Å². The molecule has 0 fully saturated rings. The highest BCUT2D eigenvalue weighted by atomic mass is 32.2.